The van der Waals surface area contributed by atoms with Crippen LogP contribution in [-0.2, 0) is 9.59 Å². The lowest BCUT2D eigenvalue weighted by molar-refractivity contribution is -0.118. The first-order valence-electron chi connectivity index (χ1n) is 7.29. The molecule has 0 spiro atoms. The van der Waals surface area contributed by atoms with Gasteiger partial charge >= 0.3 is 0 Å². The number of amides is 1. The third kappa shape index (κ3) is 2.87. The first kappa shape index (κ1) is 15.4. The monoisotopic (exact) mass is 324 g/mol. The third-order valence-corrected chi connectivity index (χ3v) is 4.06. The standard InChI is InChI=1S/C18H16N2O2S/c1-10(21)20-11-6-7-13-12-4-2-3-5-14(12)18(15(13)8-11)16(22)9-17(19)23/h2-8,18H,9H2,1H3,(H2,19,23)(H,20,21). The maximum atomic E-state index is 12.7. The molecule has 0 heterocycles. The Bertz CT molecular complexity index is 830. The molecule has 1 aliphatic carbocycles. The first-order valence-corrected chi connectivity index (χ1v) is 7.70. The van der Waals surface area contributed by atoms with Gasteiger partial charge in [-0.15, -0.1) is 0 Å². The van der Waals surface area contributed by atoms with Crippen LogP contribution in [0, 0.1) is 0 Å². The van der Waals surface area contributed by atoms with Crippen molar-refractivity contribution in [2.24, 2.45) is 5.73 Å². The van der Waals surface area contributed by atoms with E-state index in [4.69, 9.17) is 18.0 Å². The molecular weight excluding hydrogens is 308 g/mol. The molecule has 1 amide bonds. The highest BCUT2D eigenvalue weighted by Gasteiger charge is 2.33. The summed E-state index contributed by atoms with van der Waals surface area (Å²) >= 11 is 4.89. The minimum atomic E-state index is -0.392. The summed E-state index contributed by atoms with van der Waals surface area (Å²) < 4.78 is 0. The number of ketones is 1. The molecule has 23 heavy (non-hydrogen) atoms. The van der Waals surface area contributed by atoms with Crippen molar-refractivity contribution in [2.75, 3.05) is 5.32 Å². The van der Waals surface area contributed by atoms with Crippen molar-refractivity contribution >= 4 is 34.6 Å². The predicted molar refractivity (Wildman–Crippen MR) is 94.4 cm³/mol. The van der Waals surface area contributed by atoms with Gasteiger partial charge in [0.1, 0.15) is 0 Å². The number of nitrogens with one attached hydrogen (secondary N) is 1. The Morgan fingerprint density at radius 2 is 1.83 bits per heavy atom. The topological polar surface area (TPSA) is 72.2 Å². The maximum Gasteiger partial charge on any atom is 0.221 e. The number of benzene rings is 2. The fourth-order valence-electron chi connectivity index (χ4n) is 3.11. The van der Waals surface area contributed by atoms with E-state index in [1.807, 2.05) is 42.5 Å². The molecule has 4 nitrogen and oxygen atoms in total. The highest BCUT2D eigenvalue weighted by molar-refractivity contribution is 7.80. The van der Waals surface area contributed by atoms with Crippen LogP contribution in [0.3, 0.4) is 0 Å². The van der Waals surface area contributed by atoms with E-state index in [0.717, 1.165) is 22.3 Å². The molecule has 0 saturated carbocycles. The number of Topliss-reactive ketones (excluding diaryl/α,β-unsaturated/α-hetero) is 1. The van der Waals surface area contributed by atoms with E-state index in [2.05, 4.69) is 5.32 Å². The Kier molecular flexibility index (Phi) is 3.96. The third-order valence-electron chi connectivity index (χ3n) is 3.92. The zero-order valence-electron chi connectivity index (χ0n) is 12.6. The summed E-state index contributed by atoms with van der Waals surface area (Å²) in [4.78, 5) is 24.1. The second-order valence-electron chi connectivity index (χ2n) is 5.61. The van der Waals surface area contributed by atoms with E-state index >= 15 is 0 Å². The average Bonchev–Trinajstić information content (AvgIpc) is 2.79. The Hall–Kier alpha value is -2.53. The molecule has 116 valence electrons. The van der Waals surface area contributed by atoms with Gasteiger partial charge in [-0.3, -0.25) is 9.59 Å². The Morgan fingerprint density at radius 3 is 2.52 bits per heavy atom. The van der Waals surface area contributed by atoms with Crippen molar-refractivity contribution in [2.45, 2.75) is 19.3 Å². The van der Waals surface area contributed by atoms with E-state index < -0.39 is 5.92 Å². The number of rotatable bonds is 4. The molecule has 3 N–H and O–H groups in total. The van der Waals surface area contributed by atoms with Crippen molar-refractivity contribution in [3.8, 4) is 11.1 Å². The van der Waals surface area contributed by atoms with E-state index in [9.17, 15) is 9.59 Å². The number of carbonyl (C=O) groups is 2. The van der Waals surface area contributed by atoms with Gasteiger partial charge in [0, 0.05) is 12.6 Å². The van der Waals surface area contributed by atoms with Gasteiger partial charge in [-0.2, -0.15) is 0 Å². The predicted octanol–water partition coefficient (Wildman–Crippen LogP) is 3.00. The number of anilines is 1. The van der Waals surface area contributed by atoms with Crippen LogP contribution >= 0.6 is 12.2 Å². The number of fused-ring (bicyclic) bond motifs is 3. The molecule has 0 aliphatic heterocycles. The zero-order valence-corrected chi connectivity index (χ0v) is 13.4. The zero-order chi connectivity index (χ0) is 16.6. The van der Waals surface area contributed by atoms with Crippen LogP contribution in [0.5, 0.6) is 0 Å². The van der Waals surface area contributed by atoms with Gasteiger partial charge in [0.25, 0.3) is 0 Å². The molecule has 0 fully saturated rings. The number of thiocarbonyl (C=S) groups is 1. The molecule has 0 radical (unpaired) electrons. The average molecular weight is 324 g/mol. The van der Waals surface area contributed by atoms with Crippen molar-refractivity contribution in [1.29, 1.82) is 0 Å². The van der Waals surface area contributed by atoms with Crippen molar-refractivity contribution in [1.82, 2.24) is 0 Å². The smallest absolute Gasteiger partial charge is 0.221 e. The van der Waals surface area contributed by atoms with Gasteiger partial charge < -0.3 is 11.1 Å². The number of hydrogen-bond acceptors (Lipinski definition) is 3. The molecule has 0 aromatic heterocycles. The molecule has 2 aromatic carbocycles. The summed E-state index contributed by atoms with van der Waals surface area (Å²) in [5, 5.41) is 2.76. The summed E-state index contributed by atoms with van der Waals surface area (Å²) in [6, 6.07) is 13.5. The van der Waals surface area contributed by atoms with E-state index in [0.29, 0.717) is 5.69 Å². The fraction of sp³-hybridized carbons (Fsp3) is 0.167. The van der Waals surface area contributed by atoms with Gasteiger partial charge in [0.2, 0.25) is 5.91 Å². The van der Waals surface area contributed by atoms with Crippen LogP contribution in [0.25, 0.3) is 11.1 Å². The fourth-order valence-corrected chi connectivity index (χ4v) is 3.25. The molecule has 2 aromatic rings. The molecule has 1 aliphatic rings. The Labute approximate surface area is 139 Å². The first-order chi connectivity index (χ1) is 11.0. The molecular formula is C18H16N2O2S. The van der Waals surface area contributed by atoms with Crippen molar-refractivity contribution in [3.05, 3.63) is 53.6 Å². The van der Waals surface area contributed by atoms with E-state index in [-0.39, 0.29) is 23.1 Å². The molecule has 0 bridgehead atoms. The summed E-state index contributed by atoms with van der Waals surface area (Å²) in [6.45, 7) is 1.46. The van der Waals surface area contributed by atoms with Crippen LogP contribution in [0.15, 0.2) is 42.5 Å². The molecule has 0 saturated heterocycles. The van der Waals surface area contributed by atoms with Gasteiger partial charge in [0.15, 0.2) is 5.78 Å². The van der Waals surface area contributed by atoms with E-state index in [1.165, 1.54) is 6.92 Å². The Morgan fingerprint density at radius 1 is 1.13 bits per heavy atom. The number of nitrogens with two attached hydrogens (primary N) is 1. The molecule has 1 atom stereocenters. The van der Waals surface area contributed by atoms with Crippen LogP contribution in [0.1, 0.15) is 30.4 Å². The van der Waals surface area contributed by atoms with Crippen molar-refractivity contribution in [3.63, 3.8) is 0 Å². The van der Waals surface area contributed by atoms with E-state index in [1.54, 1.807) is 0 Å². The minimum Gasteiger partial charge on any atom is -0.393 e. The van der Waals surface area contributed by atoms with Crippen LogP contribution in [0.4, 0.5) is 5.69 Å². The molecule has 5 heteroatoms. The normalized spacial score (nSPS) is 14.7. The molecule has 1 unspecified atom stereocenters. The lowest BCUT2D eigenvalue weighted by Gasteiger charge is -2.13. The largest absolute Gasteiger partial charge is 0.393 e. The highest BCUT2D eigenvalue weighted by Crippen LogP contribution is 2.46. The van der Waals surface area contributed by atoms with Crippen LogP contribution < -0.4 is 11.1 Å². The molecule has 3 rings (SSSR count). The van der Waals surface area contributed by atoms with Gasteiger partial charge in [0.05, 0.1) is 17.3 Å². The highest BCUT2D eigenvalue weighted by atomic mass is 32.1. The quantitative estimate of drug-likeness (QED) is 0.848. The lowest BCUT2D eigenvalue weighted by Crippen LogP contribution is -2.19. The Balaban J connectivity index is 2.11. The van der Waals surface area contributed by atoms with Crippen LogP contribution in [-0.4, -0.2) is 16.7 Å². The van der Waals surface area contributed by atoms with Crippen LogP contribution in [0.2, 0.25) is 0 Å². The lowest BCUT2D eigenvalue weighted by atomic mass is 9.91. The minimum absolute atomic E-state index is 0.0244. The van der Waals surface area contributed by atoms with Crippen molar-refractivity contribution < 1.29 is 9.59 Å². The van der Waals surface area contributed by atoms with Gasteiger partial charge in [-0.05, 0) is 34.4 Å². The maximum absolute atomic E-state index is 12.7. The summed E-state index contributed by atoms with van der Waals surface area (Å²) in [5.41, 5.74) is 10.1. The second kappa shape index (κ2) is 5.93. The summed E-state index contributed by atoms with van der Waals surface area (Å²) in [7, 11) is 0. The number of hydrogen-bond donors (Lipinski definition) is 2. The summed E-state index contributed by atoms with van der Waals surface area (Å²) in [5.74, 6) is -0.563. The second-order valence-corrected chi connectivity index (χ2v) is 6.14. The van der Waals surface area contributed by atoms with Gasteiger partial charge in [-0.25, -0.2) is 0 Å². The van der Waals surface area contributed by atoms with Gasteiger partial charge in [-0.1, -0.05) is 42.5 Å². The SMILES string of the molecule is CC(=O)Nc1ccc2c(c1)C(C(=O)CC(N)=S)c1ccccc1-2. The number of carbonyl (C=O) groups excluding carboxylic acids is 2. The summed E-state index contributed by atoms with van der Waals surface area (Å²) in [6.07, 6.45) is 0.0676.